The number of halogens is 1. The molecule has 65 heavy (non-hydrogen) atoms. The minimum atomic E-state index is 0. The largest absolute Gasteiger partial charge is 1.00 e. The van der Waals surface area contributed by atoms with Crippen molar-refractivity contribution in [2.45, 2.75) is 111 Å². The summed E-state index contributed by atoms with van der Waals surface area (Å²) in [5.41, 5.74) is 6.95. The van der Waals surface area contributed by atoms with E-state index in [1.165, 1.54) is 72.8 Å². The summed E-state index contributed by atoms with van der Waals surface area (Å²) in [6.07, 6.45) is 13.9. The van der Waals surface area contributed by atoms with E-state index in [0.717, 1.165) is 92.9 Å². The molecule has 3 aromatic carbocycles. The van der Waals surface area contributed by atoms with Gasteiger partial charge in [0, 0.05) is 33.1 Å². The SMILES string of the molecule is CC/C(=C(\c1ccccc1)c1ccc(OCCN(C)C(=O)CC[C@@H](C)[C@H]2CC[C@H]3[C@@H]4CC[C@@H]5C[C@H](OC(=O)C[N+]67CCN(CC6)CC7)CC[C@]5(C)[C@H]4CC[C@]23C)cc1)c1ccccc1.[Cl-]. The van der Waals surface area contributed by atoms with Gasteiger partial charge in [0.2, 0.25) is 5.91 Å². The number of benzene rings is 3. The molecule has 3 saturated heterocycles. The number of hydrogen-bond acceptors (Lipinski definition) is 5. The number of carbonyl (C=O) groups excluding carboxylic acids is 2. The second-order valence-corrected chi connectivity index (χ2v) is 21.9. The monoisotopic (exact) mass is 904 g/mol. The Morgan fingerprint density at radius 1 is 0.785 bits per heavy atom. The normalized spacial score (nSPS) is 33.3. The van der Waals surface area contributed by atoms with Gasteiger partial charge >= 0.3 is 5.97 Å². The summed E-state index contributed by atoms with van der Waals surface area (Å²) in [4.78, 5) is 31.3. The number of likely N-dealkylation sites (N-methyl/N-ethyl adjacent to an activating group) is 1. The lowest BCUT2D eigenvalue weighted by Crippen LogP contribution is -3.00. The molecule has 3 aliphatic heterocycles. The average Bonchev–Trinajstić information content (AvgIpc) is 3.68. The van der Waals surface area contributed by atoms with Gasteiger partial charge in [-0.25, -0.2) is 4.79 Å². The van der Waals surface area contributed by atoms with E-state index in [1.54, 1.807) is 0 Å². The fourth-order valence-corrected chi connectivity index (χ4v) is 14.9. The van der Waals surface area contributed by atoms with Gasteiger partial charge in [-0.15, -0.1) is 0 Å². The zero-order valence-electron chi connectivity index (χ0n) is 40.3. The highest BCUT2D eigenvalue weighted by molar-refractivity contribution is 5.98. The van der Waals surface area contributed by atoms with Crippen LogP contribution in [-0.4, -0.2) is 98.3 Å². The van der Waals surface area contributed by atoms with Gasteiger partial charge in [-0.05, 0) is 157 Å². The Bertz CT molecular complexity index is 2090. The van der Waals surface area contributed by atoms with E-state index in [2.05, 4.69) is 118 Å². The average molecular weight is 905 g/mol. The maximum Gasteiger partial charge on any atom is 0.362 e. The third-order valence-corrected chi connectivity index (χ3v) is 18.7. The molecular formula is C57H78ClN3O4. The molecule has 3 aromatic rings. The van der Waals surface area contributed by atoms with Crippen LogP contribution in [0.3, 0.4) is 0 Å². The van der Waals surface area contributed by atoms with E-state index >= 15 is 0 Å². The van der Waals surface area contributed by atoms with Crippen molar-refractivity contribution in [2.75, 3.05) is 66.0 Å². The molecule has 0 N–H and O–H groups in total. The first-order valence-corrected chi connectivity index (χ1v) is 25.6. The summed E-state index contributed by atoms with van der Waals surface area (Å²) in [6, 6.07) is 29.8. The van der Waals surface area contributed by atoms with Crippen LogP contribution in [0.15, 0.2) is 84.9 Å². The predicted octanol–water partition coefficient (Wildman–Crippen LogP) is 8.03. The van der Waals surface area contributed by atoms with Crippen LogP contribution in [0.2, 0.25) is 0 Å². The molecule has 3 heterocycles. The fraction of sp³-hybridized carbons (Fsp3) is 0.614. The number of quaternary nitrogens is 1. The fourth-order valence-electron chi connectivity index (χ4n) is 14.9. The van der Waals surface area contributed by atoms with E-state index in [0.29, 0.717) is 54.7 Å². The van der Waals surface area contributed by atoms with Crippen LogP contribution in [0.4, 0.5) is 0 Å². The first-order valence-electron chi connectivity index (χ1n) is 25.6. The number of rotatable bonds is 15. The summed E-state index contributed by atoms with van der Waals surface area (Å²) in [5.74, 6) is 5.44. The van der Waals surface area contributed by atoms with Gasteiger partial charge < -0.3 is 31.3 Å². The number of nitrogens with zero attached hydrogens (tertiary/aromatic N) is 3. The molecule has 0 aromatic heterocycles. The molecule has 4 saturated carbocycles. The molecule has 0 radical (unpaired) electrons. The highest BCUT2D eigenvalue weighted by Gasteiger charge is 2.61. The molecule has 9 atom stereocenters. The van der Waals surface area contributed by atoms with Crippen molar-refractivity contribution in [3.8, 4) is 5.75 Å². The minimum absolute atomic E-state index is 0. The Balaban J connectivity index is 0.00000576. The zero-order valence-corrected chi connectivity index (χ0v) is 41.1. The molecule has 7 nitrogen and oxygen atoms in total. The van der Waals surface area contributed by atoms with E-state index in [1.807, 2.05) is 11.9 Å². The topological polar surface area (TPSA) is 59.1 Å². The predicted molar refractivity (Wildman–Crippen MR) is 258 cm³/mol. The number of piperazine rings is 3. The van der Waals surface area contributed by atoms with Crippen LogP contribution in [0.25, 0.3) is 11.1 Å². The summed E-state index contributed by atoms with van der Waals surface area (Å²) >= 11 is 0. The van der Waals surface area contributed by atoms with E-state index in [9.17, 15) is 9.59 Å². The second-order valence-electron chi connectivity index (χ2n) is 21.9. The summed E-state index contributed by atoms with van der Waals surface area (Å²) in [7, 11) is 1.94. The quantitative estimate of drug-likeness (QED) is 0.0880. The van der Waals surface area contributed by atoms with Crippen LogP contribution in [0.5, 0.6) is 5.75 Å². The van der Waals surface area contributed by atoms with Crippen molar-refractivity contribution < 1.29 is 36.0 Å². The van der Waals surface area contributed by atoms with Gasteiger partial charge in [0.15, 0.2) is 6.54 Å². The summed E-state index contributed by atoms with van der Waals surface area (Å²) in [5, 5.41) is 0. The number of allylic oxidation sites excluding steroid dienone is 1. The maximum atomic E-state index is 13.5. The molecule has 0 spiro atoms. The molecule has 2 bridgehead atoms. The lowest BCUT2D eigenvalue weighted by Gasteiger charge is -2.61. The minimum Gasteiger partial charge on any atom is -1.00 e. The second kappa shape index (κ2) is 20.3. The van der Waals surface area contributed by atoms with Crippen molar-refractivity contribution in [1.29, 1.82) is 0 Å². The van der Waals surface area contributed by atoms with E-state index in [-0.39, 0.29) is 30.4 Å². The molecular weight excluding hydrogens is 826 g/mol. The molecule has 10 rings (SSSR count). The van der Waals surface area contributed by atoms with E-state index in [4.69, 9.17) is 9.47 Å². The van der Waals surface area contributed by atoms with Crippen molar-refractivity contribution in [2.24, 2.45) is 46.3 Å². The number of esters is 1. The van der Waals surface area contributed by atoms with Gasteiger partial charge in [-0.3, -0.25) is 9.69 Å². The maximum absolute atomic E-state index is 13.5. The highest BCUT2D eigenvalue weighted by atomic mass is 35.5. The Morgan fingerprint density at radius 3 is 2.09 bits per heavy atom. The number of carbonyl (C=O) groups is 2. The van der Waals surface area contributed by atoms with E-state index < -0.39 is 0 Å². The molecule has 352 valence electrons. The third kappa shape index (κ3) is 9.86. The number of amides is 1. The van der Waals surface area contributed by atoms with Crippen LogP contribution in [0.1, 0.15) is 121 Å². The third-order valence-electron chi connectivity index (χ3n) is 18.7. The van der Waals surface area contributed by atoms with Gasteiger partial charge in [0.25, 0.3) is 0 Å². The molecule has 7 aliphatic rings. The van der Waals surface area contributed by atoms with Gasteiger partial charge in [0.1, 0.15) is 18.5 Å². The zero-order chi connectivity index (χ0) is 44.5. The van der Waals surface area contributed by atoms with Crippen LogP contribution in [-0.2, 0) is 14.3 Å². The van der Waals surface area contributed by atoms with Gasteiger partial charge in [-0.1, -0.05) is 100 Å². The Labute approximate surface area is 397 Å². The lowest BCUT2D eigenvalue weighted by atomic mass is 9.44. The Hall–Kier alpha value is -3.65. The summed E-state index contributed by atoms with van der Waals surface area (Å²) < 4.78 is 13.5. The standard InChI is InChI=1S/C57H78N3O4.ClH/c1-6-48(42-13-9-7-10-14-42)55(43-15-11-8-12-16-43)44-18-21-46(22-19-44)63-38-34-58(5)53(61)26-17-41(2)50-24-25-51-49-23-20-45-39-47(27-29-56(45,3)52(49)28-30-57(50,51)4)64-54(62)40-60-35-31-59(32-36-60)33-37-60;/h7-16,18-19,21-22,41,45,47,49-52H,6,17,20,23-40H2,1-5H3;1H/q+1;/p-1/b55-48-;/t41-,45-,47-,49+,50-,51+,52+,56+,57-;/m1./s1. The molecule has 0 unspecified atom stereocenters. The Morgan fingerprint density at radius 2 is 1.42 bits per heavy atom. The first-order chi connectivity index (χ1) is 31.0. The number of hydrogen-bond donors (Lipinski definition) is 0. The highest BCUT2D eigenvalue weighted by Crippen LogP contribution is 2.68. The first kappa shape index (κ1) is 47.8. The van der Waals surface area contributed by atoms with Crippen LogP contribution in [0, 0.1) is 46.3 Å². The van der Waals surface area contributed by atoms with Crippen molar-refractivity contribution in [3.63, 3.8) is 0 Å². The van der Waals surface area contributed by atoms with Gasteiger partial charge in [0.05, 0.1) is 26.2 Å². The van der Waals surface area contributed by atoms with Crippen molar-refractivity contribution in [1.82, 2.24) is 9.80 Å². The van der Waals surface area contributed by atoms with Gasteiger partial charge in [-0.2, -0.15) is 0 Å². The molecule has 1 amide bonds. The van der Waals surface area contributed by atoms with Crippen molar-refractivity contribution in [3.05, 3.63) is 102 Å². The van der Waals surface area contributed by atoms with Crippen LogP contribution >= 0.6 is 0 Å². The Kier molecular flexibility index (Phi) is 14.9. The molecule has 4 aliphatic carbocycles. The number of ether oxygens (including phenoxy) is 2. The smallest absolute Gasteiger partial charge is 0.362 e. The summed E-state index contributed by atoms with van der Waals surface area (Å²) in [6.45, 7) is 18.3. The number of fused-ring (bicyclic) bond motifs is 8. The molecule has 8 heteroatoms. The van der Waals surface area contributed by atoms with Crippen molar-refractivity contribution >= 4 is 23.0 Å². The van der Waals surface area contributed by atoms with Crippen LogP contribution < -0.4 is 17.1 Å². The lowest BCUT2D eigenvalue weighted by molar-refractivity contribution is -0.934. The molecule has 7 fully saturated rings.